The average Bonchev–Trinajstić information content (AvgIpc) is 2.37. The summed E-state index contributed by atoms with van der Waals surface area (Å²) in [4.78, 5) is 4.43. The van der Waals surface area contributed by atoms with Gasteiger partial charge in [-0.15, -0.1) is 0 Å². The molecule has 0 bridgehead atoms. The van der Waals surface area contributed by atoms with Gasteiger partial charge in [-0.05, 0) is 50.0 Å². The number of halogens is 1. The second-order valence-electron chi connectivity index (χ2n) is 4.64. The first kappa shape index (κ1) is 16.7. The molecule has 0 spiro atoms. The van der Waals surface area contributed by atoms with E-state index in [-0.39, 0.29) is 0 Å². The Kier molecular flexibility index (Phi) is 6.21. The molecule has 0 aliphatic heterocycles. The third-order valence-corrected chi connectivity index (χ3v) is 3.10. The summed E-state index contributed by atoms with van der Waals surface area (Å²) in [5.41, 5.74) is 4.07. The second-order valence-corrected chi connectivity index (χ2v) is 5.07. The minimum atomic E-state index is -0.911. The molecule has 5 heteroatoms. The van der Waals surface area contributed by atoms with Crippen molar-refractivity contribution in [1.82, 2.24) is 0 Å². The van der Waals surface area contributed by atoms with E-state index in [1.165, 1.54) is 7.11 Å². The van der Waals surface area contributed by atoms with Gasteiger partial charge in [-0.1, -0.05) is 24.2 Å². The molecule has 1 N–H and O–H groups in total. The van der Waals surface area contributed by atoms with Crippen LogP contribution in [0.4, 0.5) is 0 Å². The molecule has 0 aromatic heterocycles. The lowest BCUT2D eigenvalue weighted by atomic mass is 9.79. The summed E-state index contributed by atoms with van der Waals surface area (Å²) in [5.74, 6) is 0. The van der Waals surface area contributed by atoms with Crippen molar-refractivity contribution in [3.05, 3.63) is 52.5 Å². The maximum Gasteiger partial charge on any atom is 0.486 e. The minimum Gasteiger partial charge on any atom is -0.423 e. The predicted octanol–water partition coefficient (Wildman–Crippen LogP) is 3.69. The largest absolute Gasteiger partial charge is 0.486 e. The quantitative estimate of drug-likeness (QED) is 0.664. The molecule has 0 heterocycles. The molecule has 0 atom stereocenters. The highest BCUT2D eigenvalue weighted by atomic mass is 35.5. The zero-order valence-electron chi connectivity index (χ0n) is 12.3. The molecule has 0 radical (unpaired) electrons. The molecule has 1 aromatic rings. The van der Waals surface area contributed by atoms with Crippen LogP contribution < -0.4 is 0 Å². The monoisotopic (exact) mass is 291 g/mol. The summed E-state index contributed by atoms with van der Waals surface area (Å²) in [6.45, 7) is 9.57. The Bertz CT molecular complexity index is 567. The van der Waals surface area contributed by atoms with Crippen LogP contribution in [-0.2, 0) is 4.65 Å². The Morgan fingerprint density at radius 1 is 1.45 bits per heavy atom. The van der Waals surface area contributed by atoms with Crippen molar-refractivity contribution >= 4 is 30.1 Å². The van der Waals surface area contributed by atoms with E-state index in [4.69, 9.17) is 16.3 Å². The van der Waals surface area contributed by atoms with Gasteiger partial charge in [-0.3, -0.25) is 4.99 Å². The Balaban J connectivity index is 2.96. The Hall–Kier alpha value is -1.36. The van der Waals surface area contributed by atoms with Crippen LogP contribution >= 0.6 is 11.6 Å². The smallest absolute Gasteiger partial charge is 0.423 e. The number of hydrogen-bond donors (Lipinski definition) is 1. The standard InChI is InChI=1S/C15H19BClNO2/c1-10-8-14(17)6-7-15(10)13(4)18-12(3)9-11(2)16(19)20-5/h6-9,19H,4H2,1-3,5H3/b11-9+,18-12?. The number of rotatable bonds is 5. The molecule has 0 unspecified atom stereocenters. The zero-order chi connectivity index (χ0) is 15.3. The zero-order valence-corrected chi connectivity index (χ0v) is 13.0. The molecule has 106 valence electrons. The molecule has 0 amide bonds. The van der Waals surface area contributed by atoms with E-state index in [9.17, 15) is 5.02 Å². The fraction of sp³-hybridized carbons (Fsp3) is 0.267. The van der Waals surface area contributed by atoms with Gasteiger partial charge in [0.25, 0.3) is 0 Å². The van der Waals surface area contributed by atoms with E-state index < -0.39 is 7.12 Å². The number of benzene rings is 1. The van der Waals surface area contributed by atoms with Crippen LogP contribution in [0.5, 0.6) is 0 Å². The van der Waals surface area contributed by atoms with Crippen molar-refractivity contribution in [3.8, 4) is 0 Å². The number of nitrogens with zero attached hydrogens (tertiary/aromatic N) is 1. The van der Waals surface area contributed by atoms with E-state index in [0.29, 0.717) is 16.2 Å². The van der Waals surface area contributed by atoms with Crippen LogP contribution in [0.1, 0.15) is 25.0 Å². The molecule has 20 heavy (non-hydrogen) atoms. The van der Waals surface area contributed by atoms with Gasteiger partial charge in [0.05, 0.1) is 5.70 Å². The number of aliphatic imine (C=N–C) groups is 1. The lowest BCUT2D eigenvalue weighted by molar-refractivity contribution is 0.336. The molecule has 0 fully saturated rings. The van der Waals surface area contributed by atoms with Crippen molar-refractivity contribution in [3.63, 3.8) is 0 Å². The molecular formula is C15H19BClNO2. The number of hydrogen-bond acceptors (Lipinski definition) is 3. The third-order valence-electron chi connectivity index (χ3n) is 2.86. The van der Waals surface area contributed by atoms with Gasteiger partial charge in [-0.25, -0.2) is 0 Å². The third kappa shape index (κ3) is 4.64. The van der Waals surface area contributed by atoms with E-state index >= 15 is 0 Å². The van der Waals surface area contributed by atoms with Gasteiger partial charge in [0.1, 0.15) is 0 Å². The SMILES string of the molecule is C=C(N=C(C)/C=C(\C)B(O)OC)c1ccc(Cl)cc1C. The maximum atomic E-state index is 9.52. The molecule has 1 rings (SSSR count). The summed E-state index contributed by atoms with van der Waals surface area (Å²) < 4.78 is 4.83. The Morgan fingerprint density at radius 3 is 2.65 bits per heavy atom. The van der Waals surface area contributed by atoms with Crippen LogP contribution in [0.15, 0.2) is 41.3 Å². The van der Waals surface area contributed by atoms with Crippen LogP contribution in [0.25, 0.3) is 5.70 Å². The topological polar surface area (TPSA) is 41.8 Å². The van der Waals surface area contributed by atoms with Gasteiger partial charge in [0.2, 0.25) is 0 Å². The lowest BCUT2D eigenvalue weighted by Gasteiger charge is -2.07. The van der Waals surface area contributed by atoms with Crippen molar-refractivity contribution in [2.75, 3.05) is 7.11 Å². The molecule has 0 saturated carbocycles. The van der Waals surface area contributed by atoms with E-state index in [1.807, 2.05) is 32.0 Å². The van der Waals surface area contributed by atoms with Gasteiger partial charge in [0.15, 0.2) is 0 Å². The van der Waals surface area contributed by atoms with Crippen molar-refractivity contribution < 1.29 is 9.68 Å². The van der Waals surface area contributed by atoms with Gasteiger partial charge >= 0.3 is 7.12 Å². The Morgan fingerprint density at radius 2 is 2.10 bits per heavy atom. The first-order chi connectivity index (χ1) is 9.35. The summed E-state index contributed by atoms with van der Waals surface area (Å²) >= 11 is 5.93. The van der Waals surface area contributed by atoms with Crippen molar-refractivity contribution in [2.24, 2.45) is 4.99 Å². The highest BCUT2D eigenvalue weighted by Gasteiger charge is 2.13. The summed E-state index contributed by atoms with van der Waals surface area (Å²) in [6, 6.07) is 5.59. The normalized spacial score (nSPS) is 12.5. The lowest BCUT2D eigenvalue weighted by Crippen LogP contribution is -2.17. The molecule has 1 aromatic carbocycles. The van der Waals surface area contributed by atoms with Crippen LogP contribution in [0, 0.1) is 6.92 Å². The Labute approximate surface area is 125 Å². The molecular weight excluding hydrogens is 272 g/mol. The summed E-state index contributed by atoms with van der Waals surface area (Å²) in [6.07, 6.45) is 1.77. The van der Waals surface area contributed by atoms with Crippen LogP contribution in [-0.4, -0.2) is 25.0 Å². The van der Waals surface area contributed by atoms with Gasteiger partial charge < -0.3 is 9.68 Å². The van der Waals surface area contributed by atoms with Crippen LogP contribution in [0.2, 0.25) is 5.02 Å². The van der Waals surface area contributed by atoms with Gasteiger partial charge in [-0.2, -0.15) is 0 Å². The molecule has 3 nitrogen and oxygen atoms in total. The predicted molar refractivity (Wildman–Crippen MR) is 87.1 cm³/mol. The highest BCUT2D eigenvalue weighted by Crippen LogP contribution is 2.22. The molecule has 0 saturated heterocycles. The molecule has 0 aliphatic carbocycles. The number of aryl methyl sites for hydroxylation is 1. The second kappa shape index (κ2) is 7.43. The summed E-state index contributed by atoms with van der Waals surface area (Å²) in [7, 11) is 0.537. The van der Waals surface area contributed by atoms with Crippen molar-refractivity contribution in [2.45, 2.75) is 20.8 Å². The first-order valence-electron chi connectivity index (χ1n) is 6.25. The van der Waals surface area contributed by atoms with E-state index in [2.05, 4.69) is 11.6 Å². The maximum absolute atomic E-state index is 9.52. The van der Waals surface area contributed by atoms with E-state index in [1.54, 1.807) is 13.0 Å². The highest BCUT2D eigenvalue weighted by molar-refractivity contribution is 6.52. The number of allylic oxidation sites excluding steroid dienone is 2. The van der Waals surface area contributed by atoms with Crippen LogP contribution in [0.3, 0.4) is 0 Å². The van der Waals surface area contributed by atoms with Gasteiger partial charge in [0, 0.05) is 23.4 Å². The van der Waals surface area contributed by atoms with Crippen molar-refractivity contribution in [1.29, 1.82) is 0 Å². The fourth-order valence-electron chi connectivity index (χ4n) is 1.84. The summed E-state index contributed by atoms with van der Waals surface area (Å²) in [5, 5.41) is 10.2. The average molecular weight is 292 g/mol. The fourth-order valence-corrected chi connectivity index (χ4v) is 2.07. The molecule has 0 aliphatic rings. The first-order valence-corrected chi connectivity index (χ1v) is 6.62. The van der Waals surface area contributed by atoms with E-state index in [0.717, 1.165) is 16.8 Å². The minimum absolute atomic E-state index is 0.660.